The molecule has 0 fully saturated rings. The molecule has 1 aromatic rings. The Morgan fingerprint density at radius 1 is 1.40 bits per heavy atom. The highest BCUT2D eigenvalue weighted by Crippen LogP contribution is 2.16. The summed E-state index contributed by atoms with van der Waals surface area (Å²) in [4.78, 5) is 10.7. The van der Waals surface area contributed by atoms with Crippen molar-refractivity contribution in [2.45, 2.75) is 6.42 Å². The number of hydrogen-bond donors (Lipinski definition) is 1. The summed E-state index contributed by atoms with van der Waals surface area (Å²) >= 11 is 2.14. The maximum Gasteiger partial charge on any atom is 0.165 e. The van der Waals surface area contributed by atoms with Gasteiger partial charge in [0.1, 0.15) is 5.69 Å². The van der Waals surface area contributed by atoms with Crippen LogP contribution in [-0.4, -0.2) is 23.3 Å². The first kappa shape index (κ1) is 12.2. The van der Waals surface area contributed by atoms with E-state index in [1.807, 2.05) is 12.1 Å². The van der Waals surface area contributed by atoms with Crippen LogP contribution in [0.15, 0.2) is 24.3 Å². The van der Waals surface area contributed by atoms with Gasteiger partial charge >= 0.3 is 0 Å². The van der Waals surface area contributed by atoms with Gasteiger partial charge in [-0.1, -0.05) is 5.01 Å². The molecule has 6 heteroatoms. The van der Waals surface area contributed by atoms with Gasteiger partial charge in [0, 0.05) is 10.2 Å². The van der Waals surface area contributed by atoms with Crippen LogP contribution in [-0.2, 0) is 0 Å². The lowest BCUT2D eigenvalue weighted by Crippen LogP contribution is -2.31. The summed E-state index contributed by atoms with van der Waals surface area (Å²) in [7, 11) is 0. The highest BCUT2D eigenvalue weighted by molar-refractivity contribution is 14.1. The molecule has 0 bridgehead atoms. The number of aliphatic hydroxyl groups is 1. The maximum atomic E-state index is 10.7. The molecule has 1 N–H and O–H groups in total. The third kappa shape index (κ3) is 3.63. The number of nitrogens with zero attached hydrogens (tertiary/aromatic N) is 2. The van der Waals surface area contributed by atoms with Gasteiger partial charge in [-0.05, 0) is 53.3 Å². The smallest absolute Gasteiger partial charge is 0.165 e. The Morgan fingerprint density at radius 2 is 2.00 bits per heavy atom. The lowest BCUT2D eigenvalue weighted by atomic mass is 10.3. The molecule has 0 aliphatic heterocycles. The summed E-state index contributed by atoms with van der Waals surface area (Å²) in [6.45, 7) is 0.165. The first-order chi connectivity index (χ1) is 7.15. The van der Waals surface area contributed by atoms with Gasteiger partial charge in [0.15, 0.2) is 5.03 Å². The molecule has 0 atom stereocenters. The third-order valence-electron chi connectivity index (χ3n) is 1.85. The van der Waals surface area contributed by atoms with Crippen molar-refractivity contribution >= 4 is 28.3 Å². The van der Waals surface area contributed by atoms with E-state index in [4.69, 9.17) is 5.11 Å². The molecule has 0 unspecified atom stereocenters. The van der Waals surface area contributed by atoms with E-state index >= 15 is 0 Å². The standard InChI is InChI=1S/C9H11IN2O3/c10-8-2-4-9(5-3-8)11(12(14)15)6-1-7-13/h2-5,13H,1,6-7H2. The van der Waals surface area contributed by atoms with Crippen molar-refractivity contribution in [1.29, 1.82) is 0 Å². The van der Waals surface area contributed by atoms with Crippen molar-refractivity contribution in [2.75, 3.05) is 18.2 Å². The maximum absolute atomic E-state index is 10.7. The molecule has 0 aliphatic carbocycles. The van der Waals surface area contributed by atoms with Crippen LogP contribution in [0.25, 0.3) is 0 Å². The molecule has 0 aromatic heterocycles. The third-order valence-corrected chi connectivity index (χ3v) is 2.57. The monoisotopic (exact) mass is 322 g/mol. The average molecular weight is 322 g/mol. The van der Waals surface area contributed by atoms with Gasteiger partial charge < -0.3 is 5.11 Å². The van der Waals surface area contributed by atoms with E-state index in [1.54, 1.807) is 12.1 Å². The zero-order valence-corrected chi connectivity index (χ0v) is 10.1. The number of benzene rings is 1. The zero-order chi connectivity index (χ0) is 11.3. The summed E-state index contributed by atoms with van der Waals surface area (Å²) in [5.41, 5.74) is 0.536. The molecule has 0 aliphatic rings. The van der Waals surface area contributed by atoms with Crippen molar-refractivity contribution < 1.29 is 10.1 Å². The van der Waals surface area contributed by atoms with Crippen LogP contribution in [0.1, 0.15) is 6.42 Å². The molecule has 0 amide bonds. The predicted octanol–water partition coefficient (Wildman–Crippen LogP) is 1.67. The molecule has 82 valence electrons. The van der Waals surface area contributed by atoms with Crippen molar-refractivity contribution in [2.24, 2.45) is 0 Å². The molecule has 5 nitrogen and oxygen atoms in total. The summed E-state index contributed by atoms with van der Waals surface area (Å²) in [6, 6.07) is 7.01. The van der Waals surface area contributed by atoms with Crippen LogP contribution in [0.2, 0.25) is 0 Å². The minimum atomic E-state index is -0.460. The second-order valence-electron chi connectivity index (χ2n) is 2.91. The highest BCUT2D eigenvalue weighted by Gasteiger charge is 2.15. The number of anilines is 1. The van der Waals surface area contributed by atoms with Crippen LogP contribution in [0.4, 0.5) is 5.69 Å². The van der Waals surface area contributed by atoms with E-state index in [-0.39, 0.29) is 13.2 Å². The molecule has 0 saturated heterocycles. The van der Waals surface area contributed by atoms with Crippen LogP contribution >= 0.6 is 22.6 Å². The number of hydrogen-bond acceptors (Lipinski definition) is 3. The molecular formula is C9H11IN2O3. The molecule has 0 radical (unpaired) electrons. The fourth-order valence-corrected chi connectivity index (χ4v) is 1.50. The highest BCUT2D eigenvalue weighted by atomic mass is 127. The Morgan fingerprint density at radius 3 is 2.47 bits per heavy atom. The Balaban J connectivity index is 2.79. The van der Waals surface area contributed by atoms with Gasteiger partial charge in [-0.3, -0.25) is 0 Å². The first-order valence-electron chi connectivity index (χ1n) is 4.43. The van der Waals surface area contributed by atoms with Crippen LogP contribution in [0, 0.1) is 13.7 Å². The van der Waals surface area contributed by atoms with Crippen molar-refractivity contribution in [3.63, 3.8) is 0 Å². The number of nitro groups is 1. The fraction of sp³-hybridized carbons (Fsp3) is 0.333. The summed E-state index contributed by atoms with van der Waals surface area (Å²) in [6.07, 6.45) is 0.382. The van der Waals surface area contributed by atoms with Gasteiger partial charge in [0.05, 0.1) is 6.54 Å². The van der Waals surface area contributed by atoms with Gasteiger partial charge in [-0.2, -0.15) is 0 Å². The average Bonchev–Trinajstić information content (AvgIpc) is 2.21. The van der Waals surface area contributed by atoms with E-state index in [9.17, 15) is 10.1 Å². The van der Waals surface area contributed by atoms with Gasteiger partial charge in [-0.25, -0.2) is 10.1 Å². The van der Waals surface area contributed by atoms with E-state index in [2.05, 4.69) is 22.6 Å². The summed E-state index contributed by atoms with van der Waals surface area (Å²) in [5.74, 6) is 0. The molecule has 0 saturated carbocycles. The Hall–Kier alpha value is -0.890. The molecule has 15 heavy (non-hydrogen) atoms. The zero-order valence-electron chi connectivity index (χ0n) is 7.97. The second kappa shape index (κ2) is 5.86. The largest absolute Gasteiger partial charge is 0.396 e. The normalized spacial score (nSPS) is 10.0. The minimum Gasteiger partial charge on any atom is -0.396 e. The summed E-state index contributed by atoms with van der Waals surface area (Å²) < 4.78 is 1.03. The summed E-state index contributed by atoms with van der Waals surface area (Å²) in [5, 5.41) is 19.9. The van der Waals surface area contributed by atoms with E-state index in [1.165, 1.54) is 0 Å². The topological polar surface area (TPSA) is 66.6 Å². The van der Waals surface area contributed by atoms with Crippen LogP contribution in [0.3, 0.4) is 0 Å². The van der Waals surface area contributed by atoms with E-state index in [0.717, 1.165) is 8.58 Å². The number of rotatable bonds is 5. The number of halogens is 1. The van der Waals surface area contributed by atoms with E-state index < -0.39 is 5.03 Å². The van der Waals surface area contributed by atoms with Crippen LogP contribution in [0.5, 0.6) is 0 Å². The van der Waals surface area contributed by atoms with Gasteiger partial charge in [-0.15, -0.1) is 0 Å². The van der Waals surface area contributed by atoms with Gasteiger partial charge in [0.25, 0.3) is 0 Å². The second-order valence-corrected chi connectivity index (χ2v) is 4.16. The fourth-order valence-electron chi connectivity index (χ4n) is 1.14. The van der Waals surface area contributed by atoms with Crippen molar-refractivity contribution in [1.82, 2.24) is 0 Å². The van der Waals surface area contributed by atoms with Crippen molar-refractivity contribution in [3.05, 3.63) is 37.9 Å². The molecule has 1 aromatic carbocycles. The number of aliphatic hydroxyl groups excluding tert-OH is 1. The molecule has 0 spiro atoms. The van der Waals surface area contributed by atoms with Gasteiger partial charge in [0.2, 0.25) is 0 Å². The molecular weight excluding hydrogens is 311 g/mol. The lowest BCUT2D eigenvalue weighted by molar-refractivity contribution is -0.494. The Bertz CT molecular complexity index is 329. The SMILES string of the molecule is O=[N+]([O-])N(CCCO)c1ccc(I)cc1. The first-order valence-corrected chi connectivity index (χ1v) is 5.51. The minimum absolute atomic E-state index is 0.0469. The Kier molecular flexibility index (Phi) is 4.76. The van der Waals surface area contributed by atoms with E-state index in [0.29, 0.717) is 12.1 Å². The number of hydrazine groups is 1. The van der Waals surface area contributed by atoms with Crippen molar-refractivity contribution in [3.8, 4) is 0 Å². The lowest BCUT2D eigenvalue weighted by Gasteiger charge is -2.13. The molecule has 1 rings (SSSR count). The Labute approximate surface area is 101 Å². The predicted molar refractivity (Wildman–Crippen MR) is 65.2 cm³/mol. The molecule has 0 heterocycles. The quantitative estimate of drug-likeness (QED) is 0.509. The van der Waals surface area contributed by atoms with Crippen LogP contribution < -0.4 is 5.01 Å².